The molecule has 2 saturated heterocycles. The highest BCUT2D eigenvalue weighted by Gasteiger charge is 2.54. The number of fused-ring (bicyclic) bond motifs is 1. The molecule has 1 aliphatic carbocycles. The standard InChI is InChI=1S/C44H47N7O4.4H2S/c1-27(2)28(3)41(52)51-26-44(20-21-44)24-37(51)40-46-33-19-16-30(23-34(33)47-40)13-12-29-14-17-31(18-15-29)35-25-45-39(48-35)36-11-8-22-50(36)42(53)38(49-43(54)55-4)32-9-6-5-7-10-32;;;;/h5-7,9-10,14-19,23,25,27-28,36-38H,8,11,20-22,24,26H2,1-4H3,(H,45,48)(H,46,47)(H,49,54);4*1H2/t28-,36-,37-,38-;;;;/m0..../s1. The summed E-state index contributed by atoms with van der Waals surface area (Å²) in [6, 6.07) is 22.1. The van der Waals surface area contributed by atoms with Crippen LogP contribution >= 0.6 is 54.0 Å². The zero-order valence-corrected chi connectivity index (χ0v) is 37.8. The van der Waals surface area contributed by atoms with Crippen molar-refractivity contribution in [1.29, 1.82) is 0 Å². The van der Waals surface area contributed by atoms with Crippen molar-refractivity contribution < 1.29 is 19.1 Å². The zero-order valence-electron chi connectivity index (χ0n) is 33.8. The second-order valence-corrected chi connectivity index (χ2v) is 15.8. The van der Waals surface area contributed by atoms with Crippen LogP contribution in [-0.2, 0) is 14.3 Å². The molecule has 3 aliphatic rings. The molecule has 59 heavy (non-hydrogen) atoms. The summed E-state index contributed by atoms with van der Waals surface area (Å²) in [6.07, 6.45) is 6.05. The molecule has 4 atom stereocenters. The fourth-order valence-electron chi connectivity index (χ4n) is 8.00. The molecule has 2 aliphatic heterocycles. The molecule has 0 unspecified atom stereocenters. The molecule has 1 spiro atoms. The highest BCUT2D eigenvalue weighted by Crippen LogP contribution is 2.58. The maximum atomic E-state index is 13.9. The number of amides is 3. The Kier molecular flexibility index (Phi) is 15.8. The normalized spacial score (nSPS) is 18.3. The molecule has 2 aromatic heterocycles. The first-order valence-electron chi connectivity index (χ1n) is 19.3. The van der Waals surface area contributed by atoms with Crippen LogP contribution in [0.2, 0.25) is 0 Å². The molecule has 8 rings (SSSR count). The van der Waals surface area contributed by atoms with E-state index in [0.29, 0.717) is 23.9 Å². The van der Waals surface area contributed by atoms with Crippen molar-refractivity contribution in [3.63, 3.8) is 0 Å². The smallest absolute Gasteiger partial charge is 0.407 e. The van der Waals surface area contributed by atoms with Crippen LogP contribution in [0.5, 0.6) is 0 Å². The lowest BCUT2D eigenvalue weighted by molar-refractivity contribution is -0.137. The fourth-order valence-corrected chi connectivity index (χ4v) is 8.00. The van der Waals surface area contributed by atoms with Gasteiger partial charge in [-0.1, -0.05) is 75.1 Å². The third-order valence-electron chi connectivity index (χ3n) is 11.8. The van der Waals surface area contributed by atoms with Crippen molar-refractivity contribution in [1.82, 2.24) is 35.1 Å². The minimum atomic E-state index is -0.871. The quantitative estimate of drug-likeness (QED) is 0.136. The van der Waals surface area contributed by atoms with Gasteiger partial charge in [-0.15, -0.1) is 0 Å². The summed E-state index contributed by atoms with van der Waals surface area (Å²) < 4.78 is 4.82. The maximum Gasteiger partial charge on any atom is 0.407 e. The van der Waals surface area contributed by atoms with Gasteiger partial charge in [0.05, 0.1) is 42.1 Å². The number of rotatable bonds is 8. The third kappa shape index (κ3) is 9.94. The van der Waals surface area contributed by atoms with E-state index in [1.807, 2.05) is 79.7 Å². The first-order valence-corrected chi connectivity index (χ1v) is 19.3. The van der Waals surface area contributed by atoms with Gasteiger partial charge in [-0.25, -0.2) is 14.8 Å². The van der Waals surface area contributed by atoms with Crippen LogP contribution in [0, 0.1) is 29.1 Å². The number of aromatic nitrogens is 4. The number of imidazole rings is 2. The van der Waals surface area contributed by atoms with E-state index in [2.05, 4.69) is 50.9 Å². The lowest BCUT2D eigenvalue weighted by Gasteiger charge is -2.28. The zero-order chi connectivity index (χ0) is 38.3. The monoisotopic (exact) mass is 873 g/mol. The highest BCUT2D eigenvalue weighted by atomic mass is 32.1. The summed E-state index contributed by atoms with van der Waals surface area (Å²) in [6.45, 7) is 7.66. The summed E-state index contributed by atoms with van der Waals surface area (Å²) in [4.78, 5) is 60.0. The van der Waals surface area contributed by atoms with Gasteiger partial charge in [0.15, 0.2) is 0 Å². The minimum Gasteiger partial charge on any atom is -0.453 e. The number of H-pyrrole nitrogens is 2. The van der Waals surface area contributed by atoms with Crippen LogP contribution in [0.25, 0.3) is 22.3 Å². The number of carbonyl (C=O) groups is 3. The van der Waals surface area contributed by atoms with Crippen molar-refractivity contribution in [3.8, 4) is 23.1 Å². The summed E-state index contributed by atoms with van der Waals surface area (Å²) in [7, 11) is 1.28. The van der Waals surface area contributed by atoms with Gasteiger partial charge in [-0.2, -0.15) is 54.0 Å². The first-order chi connectivity index (χ1) is 26.6. The second kappa shape index (κ2) is 19.7. The Morgan fingerprint density at radius 2 is 1.54 bits per heavy atom. The topological polar surface area (TPSA) is 136 Å². The van der Waals surface area contributed by atoms with E-state index in [9.17, 15) is 14.4 Å². The molecule has 3 N–H and O–H groups in total. The van der Waals surface area contributed by atoms with Crippen molar-refractivity contribution in [2.24, 2.45) is 17.3 Å². The van der Waals surface area contributed by atoms with Crippen molar-refractivity contribution in [3.05, 3.63) is 107 Å². The minimum absolute atomic E-state index is 0. The third-order valence-corrected chi connectivity index (χ3v) is 11.8. The molecular formula is C44H55N7O4S4. The van der Waals surface area contributed by atoms with Gasteiger partial charge in [0.2, 0.25) is 5.91 Å². The van der Waals surface area contributed by atoms with Gasteiger partial charge in [0.25, 0.3) is 5.91 Å². The number of carbonyl (C=O) groups excluding carboxylic acids is 3. The average Bonchev–Trinajstić information content (AvgIpc) is 3.69. The molecule has 314 valence electrons. The Labute approximate surface area is 374 Å². The molecule has 0 radical (unpaired) electrons. The number of hydrogen-bond acceptors (Lipinski definition) is 6. The van der Waals surface area contributed by atoms with E-state index >= 15 is 0 Å². The lowest BCUT2D eigenvalue weighted by atomic mass is 9.96. The largest absolute Gasteiger partial charge is 0.453 e. The summed E-state index contributed by atoms with van der Waals surface area (Å²) in [5.74, 6) is 8.46. The first kappa shape index (κ1) is 47.2. The van der Waals surface area contributed by atoms with Gasteiger partial charge in [-0.3, -0.25) is 9.59 Å². The summed E-state index contributed by atoms with van der Waals surface area (Å²) in [5, 5.41) is 2.71. The van der Waals surface area contributed by atoms with Gasteiger partial charge >= 0.3 is 6.09 Å². The van der Waals surface area contributed by atoms with Gasteiger partial charge in [-0.05, 0) is 84.9 Å². The number of alkyl carbamates (subject to hydrolysis) is 1. The molecule has 5 aromatic rings. The molecule has 3 fully saturated rings. The van der Waals surface area contributed by atoms with E-state index in [4.69, 9.17) is 9.72 Å². The molecule has 4 heterocycles. The number of ether oxygens (including phenoxy) is 1. The van der Waals surface area contributed by atoms with Crippen LogP contribution in [0.3, 0.4) is 0 Å². The van der Waals surface area contributed by atoms with Gasteiger partial charge in [0, 0.05) is 30.1 Å². The Morgan fingerprint density at radius 1 is 0.847 bits per heavy atom. The summed E-state index contributed by atoms with van der Waals surface area (Å²) in [5.41, 5.74) is 6.30. The SMILES string of the molecule is COC(=O)N[C@H](C(=O)N1CCC[C@H]1c1ncc(-c2ccc(C#Cc3ccc4nc([C@@H]5CC6(CC6)CN5C(=O)[C@@H](C)C(C)C)[nH]c4c3)cc2)[nH]1)c1ccccc1.S.S.S.S. The Morgan fingerprint density at radius 3 is 2.22 bits per heavy atom. The number of hydrogen-bond donors (Lipinski definition) is 3. The number of methoxy groups -OCH3 is 1. The van der Waals surface area contributed by atoms with E-state index in [-0.39, 0.29) is 89.2 Å². The highest BCUT2D eigenvalue weighted by molar-refractivity contribution is 7.59. The van der Waals surface area contributed by atoms with Gasteiger partial charge < -0.3 is 29.8 Å². The van der Waals surface area contributed by atoms with Crippen LogP contribution in [0.4, 0.5) is 4.79 Å². The molecule has 0 bridgehead atoms. The molecule has 3 aromatic carbocycles. The molecule has 11 nitrogen and oxygen atoms in total. The van der Waals surface area contributed by atoms with Crippen LogP contribution in [0.1, 0.15) is 99.3 Å². The lowest BCUT2D eigenvalue weighted by Crippen LogP contribution is -2.42. The molecule has 15 heteroatoms. The number of benzene rings is 3. The average molecular weight is 874 g/mol. The van der Waals surface area contributed by atoms with Gasteiger partial charge in [0.1, 0.15) is 17.7 Å². The van der Waals surface area contributed by atoms with E-state index in [0.717, 1.165) is 65.0 Å². The number of nitrogens with one attached hydrogen (secondary N) is 3. The summed E-state index contributed by atoms with van der Waals surface area (Å²) >= 11 is 0. The molecule has 1 saturated carbocycles. The van der Waals surface area contributed by atoms with Crippen LogP contribution in [-0.4, -0.2) is 67.8 Å². The predicted octanol–water partition coefficient (Wildman–Crippen LogP) is 7.91. The van der Waals surface area contributed by atoms with Crippen LogP contribution < -0.4 is 5.32 Å². The molecular weight excluding hydrogens is 819 g/mol. The van der Waals surface area contributed by atoms with Crippen molar-refractivity contribution >= 4 is 82.9 Å². The second-order valence-electron chi connectivity index (χ2n) is 15.8. The number of nitrogens with zero attached hydrogens (tertiary/aromatic N) is 4. The number of likely N-dealkylation sites (tertiary alicyclic amines) is 2. The van der Waals surface area contributed by atoms with Crippen molar-refractivity contribution in [2.45, 2.75) is 71.0 Å². The predicted molar refractivity (Wildman–Crippen MR) is 251 cm³/mol. The Balaban J connectivity index is 0.00000192. The fraction of sp³-hybridized carbons (Fsp3) is 0.386. The van der Waals surface area contributed by atoms with E-state index < -0.39 is 12.1 Å². The number of aromatic amines is 2. The Hall–Kier alpha value is -4.49. The van der Waals surface area contributed by atoms with E-state index in [1.54, 1.807) is 11.1 Å². The maximum absolute atomic E-state index is 13.9. The van der Waals surface area contributed by atoms with Crippen molar-refractivity contribution in [2.75, 3.05) is 20.2 Å². The Bertz CT molecular complexity index is 2300. The van der Waals surface area contributed by atoms with E-state index in [1.165, 1.54) is 20.0 Å². The molecule has 3 amide bonds. The van der Waals surface area contributed by atoms with Crippen LogP contribution in [0.15, 0.2) is 79.0 Å².